The number of aromatic hydroxyl groups is 2. The summed E-state index contributed by atoms with van der Waals surface area (Å²) < 4.78 is 10.6. The predicted octanol–water partition coefficient (Wildman–Crippen LogP) is 21.3. The fourth-order valence-corrected chi connectivity index (χ4v) is 15.7. The zero-order valence-electron chi connectivity index (χ0n) is 73.4. The molecule has 26 nitrogen and oxygen atoms in total. The Morgan fingerprint density at radius 3 is 1.24 bits per heavy atom. The molecule has 4 aromatic carbocycles. The number of pyridine rings is 4. The van der Waals surface area contributed by atoms with Gasteiger partial charge in [0, 0.05) is 198 Å². The van der Waals surface area contributed by atoms with E-state index in [4.69, 9.17) is 42.9 Å². The molecule has 128 heavy (non-hydrogen) atoms. The van der Waals surface area contributed by atoms with E-state index in [0.29, 0.717) is 48.3 Å². The number of H-pyrrole nitrogens is 2. The first kappa shape index (κ1) is 86.0. The number of imidazole rings is 5. The normalized spacial score (nSPS) is 12.2. The second kappa shape index (κ2) is 39.5. The highest BCUT2D eigenvalue weighted by molar-refractivity contribution is 5.84. The summed E-state index contributed by atoms with van der Waals surface area (Å²) in [7, 11) is 0. The Morgan fingerprint density at radius 1 is 0.422 bits per heavy atom. The quantitative estimate of drug-likeness (QED) is 0.0167. The summed E-state index contributed by atoms with van der Waals surface area (Å²) in [5.41, 5.74) is 25.2. The van der Waals surface area contributed by atoms with Gasteiger partial charge in [0.15, 0.2) is 45.9 Å². The van der Waals surface area contributed by atoms with Gasteiger partial charge in [0.25, 0.3) is 0 Å². The number of phenols is 2. The van der Waals surface area contributed by atoms with Crippen LogP contribution in [0.1, 0.15) is 161 Å². The number of nitrogens with zero attached hydrogens (tertiary/aromatic N) is 18. The highest BCUT2D eigenvalue weighted by Gasteiger charge is 2.23. The Bertz CT molecular complexity index is 7160. The first-order valence-corrected chi connectivity index (χ1v) is 43.8. The minimum Gasteiger partial charge on any atom is -0.508 e. The van der Waals surface area contributed by atoms with E-state index in [0.717, 1.165) is 194 Å². The number of hydrogen-bond donors (Lipinski definition) is 8. The summed E-state index contributed by atoms with van der Waals surface area (Å²) in [6.45, 7) is 29.8. The minimum absolute atomic E-state index is 0.262. The minimum atomic E-state index is 0.262. The fourth-order valence-electron chi connectivity index (χ4n) is 15.7. The molecule has 15 heterocycles. The number of aromatic amines is 2. The smallest absolute Gasteiger partial charge is 0.205 e. The van der Waals surface area contributed by atoms with Crippen molar-refractivity contribution in [2.24, 2.45) is 0 Å². The summed E-state index contributed by atoms with van der Waals surface area (Å²) in [5.74, 6) is 7.73. The Labute approximate surface area is 743 Å². The van der Waals surface area contributed by atoms with E-state index < -0.39 is 0 Å². The van der Waals surface area contributed by atoms with Crippen LogP contribution in [0, 0.1) is 25.8 Å². The van der Waals surface area contributed by atoms with E-state index in [2.05, 4.69) is 223 Å². The third-order valence-electron chi connectivity index (χ3n) is 23.8. The van der Waals surface area contributed by atoms with Crippen LogP contribution < -0.4 is 21.3 Å². The third-order valence-corrected chi connectivity index (χ3v) is 23.8. The van der Waals surface area contributed by atoms with Crippen LogP contribution in [-0.4, -0.2) is 128 Å². The molecule has 0 aliphatic rings. The molecule has 0 bridgehead atoms. The van der Waals surface area contributed by atoms with Gasteiger partial charge >= 0.3 is 0 Å². The lowest BCUT2D eigenvalue weighted by atomic mass is 10.1. The molecule has 0 radical (unpaired) electrons. The average molecular weight is 1700 g/mol. The van der Waals surface area contributed by atoms with Gasteiger partial charge in [0.05, 0.1) is 35.5 Å². The molecule has 4 atom stereocenters. The van der Waals surface area contributed by atoms with Crippen molar-refractivity contribution in [3.8, 4) is 69.0 Å². The summed E-state index contributed by atoms with van der Waals surface area (Å²) in [5, 5.41) is 35.4. The van der Waals surface area contributed by atoms with Crippen LogP contribution in [0.2, 0.25) is 0 Å². The number of fused-ring (bicyclic) bond motifs is 7. The van der Waals surface area contributed by atoms with Crippen molar-refractivity contribution in [2.45, 2.75) is 137 Å². The Hall–Kier alpha value is -15.6. The molecule has 0 aliphatic carbocycles. The van der Waals surface area contributed by atoms with E-state index in [9.17, 15) is 10.2 Å². The number of aromatic nitrogens is 19. The zero-order chi connectivity index (χ0) is 88.7. The lowest BCUT2D eigenvalue weighted by Gasteiger charge is -2.13. The van der Waals surface area contributed by atoms with Gasteiger partial charge in [-0.15, -0.1) is 6.42 Å². The molecule has 0 aliphatic heterocycles. The summed E-state index contributed by atoms with van der Waals surface area (Å²) in [6.07, 6.45) is 47.6. The number of para-hydroxylation sites is 2. The summed E-state index contributed by atoms with van der Waals surface area (Å²) >= 11 is 0. The van der Waals surface area contributed by atoms with Gasteiger partial charge in [-0.2, -0.15) is 0 Å². The Morgan fingerprint density at radius 2 is 0.812 bits per heavy atom. The molecule has 15 aromatic heterocycles. The Balaban J connectivity index is 0.000000125. The van der Waals surface area contributed by atoms with E-state index >= 15 is 0 Å². The van der Waals surface area contributed by atoms with Crippen LogP contribution in [0.4, 0.5) is 29.0 Å². The fraction of sp³-hybridized carbons (Fsp3) is 0.245. The monoisotopic (exact) mass is 1700 g/mol. The molecule has 26 heteroatoms. The van der Waals surface area contributed by atoms with Gasteiger partial charge in [0.2, 0.25) is 5.69 Å². The standard InChI is InChI=1S/C27H27N7.C27H26N6.C24H24N6O.C24H27N5O/c1-3-18(2)23-15-31-27-26(28-12-11-19-14-29-21-9-5-4-8-20(19)21)32-22(17-34(23)27)24-16-30-25-10-6-7-13-33(24)25;1-4-18(3)25-16-31-27-26(29-11-10-20-15-30-23-9-7-6-8-22(20)23)32-24(17-33(25)27)21-12-19(5-2)13-28-14-21;1-4-16(2)22-14-28-24-23(27-10-9-17-5-7-20(31)8-6-17)29-21(15-30(22)24)18-11-19(25-3)13-26-12-18;1-4-17(3)22-14-27-24-23(26-10-9-18-5-7-20(30)8-6-18)28-21(15-29(22)24)19-11-16(2)12-25-13-19/h4-10,13-18,29H,3,11-12H2,1-2H3,(H,28,32);2,6-9,12-18,30H,4,10-11H2,1,3H3,(H,29,32);5-8,11-16,31H,4,9-10H2,1-2H3,(H,27,29);5-8,11-15,17,30H,4,9-10H2,1-3H3,(H,26,28). The third kappa shape index (κ3) is 19.2. The van der Waals surface area contributed by atoms with Crippen molar-refractivity contribution in [3.63, 3.8) is 0 Å². The predicted molar refractivity (Wildman–Crippen MR) is 511 cm³/mol. The molecular weight excluding hydrogens is 1590 g/mol. The van der Waals surface area contributed by atoms with Gasteiger partial charge in [-0.25, -0.2) is 49.7 Å². The van der Waals surface area contributed by atoms with Gasteiger partial charge in [0.1, 0.15) is 22.8 Å². The molecular formula is C102H104N24O2. The lowest BCUT2D eigenvalue weighted by Crippen LogP contribution is -2.10. The first-order chi connectivity index (χ1) is 62.5. The molecule has 4 unspecified atom stereocenters. The van der Waals surface area contributed by atoms with Crippen LogP contribution in [-0.2, 0) is 25.7 Å². The Kier molecular flexibility index (Phi) is 26.5. The molecule has 0 fully saturated rings. The van der Waals surface area contributed by atoms with E-state index in [1.807, 2.05) is 123 Å². The topological polar surface area (TPSA) is 301 Å². The number of phenolic OH excluding ortho intramolecular Hbond substituents is 2. The van der Waals surface area contributed by atoms with Gasteiger partial charge in [-0.3, -0.25) is 37.0 Å². The summed E-state index contributed by atoms with van der Waals surface area (Å²) in [6, 6.07) is 43.1. The molecule has 19 rings (SSSR count). The molecule has 644 valence electrons. The van der Waals surface area contributed by atoms with Crippen molar-refractivity contribution < 1.29 is 10.2 Å². The van der Waals surface area contributed by atoms with E-state index in [-0.39, 0.29) is 11.5 Å². The molecule has 19 aromatic rings. The molecule has 8 N–H and O–H groups in total. The number of nitrogens with one attached hydrogen (secondary N) is 6. The number of benzene rings is 4. The zero-order valence-corrected chi connectivity index (χ0v) is 73.4. The maximum Gasteiger partial charge on any atom is 0.205 e. The number of aryl methyl sites for hydroxylation is 1. The van der Waals surface area contributed by atoms with Crippen molar-refractivity contribution in [1.29, 1.82) is 0 Å². The van der Waals surface area contributed by atoms with Crippen LogP contribution in [0.5, 0.6) is 11.5 Å². The van der Waals surface area contributed by atoms with Crippen LogP contribution in [0.15, 0.2) is 245 Å². The van der Waals surface area contributed by atoms with Crippen molar-refractivity contribution in [1.82, 2.24) is 91.8 Å². The number of rotatable bonds is 28. The highest BCUT2D eigenvalue weighted by atomic mass is 16.3. The molecule has 0 amide bonds. The summed E-state index contributed by atoms with van der Waals surface area (Å²) in [4.78, 5) is 66.0. The number of anilines is 4. The van der Waals surface area contributed by atoms with Crippen LogP contribution in [0.25, 0.3) is 100 Å². The molecule has 0 saturated carbocycles. The lowest BCUT2D eigenvalue weighted by molar-refractivity contribution is 0.474. The number of terminal acetylenes is 1. The van der Waals surface area contributed by atoms with Gasteiger partial charge < -0.3 is 41.4 Å². The second-order valence-corrected chi connectivity index (χ2v) is 32.4. The maximum atomic E-state index is 9.46. The van der Waals surface area contributed by atoms with Crippen molar-refractivity contribution in [3.05, 3.63) is 313 Å². The van der Waals surface area contributed by atoms with Crippen LogP contribution >= 0.6 is 0 Å². The molecule has 0 saturated heterocycles. The highest BCUT2D eigenvalue weighted by Crippen LogP contribution is 2.35. The average Bonchev–Trinajstić information content (AvgIpc) is 1.53. The SMILES string of the molecule is C#Cc1cncc(-c2cn3c(C(C)CC)cnc3c(NCCc3c[nH]c4ccccc34)n2)c1.CCC(C)c1cnc2c(NCCc3c[nH]c4ccccc34)nc(-c3cnc4ccccn34)cn12.CCC(C)c1cnc2c(NCCc3ccc(O)cc3)nc(-c3cncc(C)c3)cn12.[C-]#[N+]c1cncc(-c2cn3c(C(C)CC)cnc3c(NCCc3ccc(O)cc3)n2)c1. The first-order valence-electron chi connectivity index (χ1n) is 43.8. The van der Waals surface area contributed by atoms with Gasteiger partial charge in [-0.05, 0) is 177 Å². The largest absolute Gasteiger partial charge is 0.508 e. The molecule has 0 spiro atoms. The van der Waals surface area contributed by atoms with Crippen LogP contribution in [0.3, 0.4) is 0 Å². The van der Waals surface area contributed by atoms with Gasteiger partial charge in [-0.1, -0.05) is 128 Å². The van der Waals surface area contributed by atoms with Crippen molar-refractivity contribution in [2.75, 3.05) is 47.4 Å². The maximum absolute atomic E-state index is 9.46. The van der Waals surface area contributed by atoms with E-state index in [1.54, 1.807) is 55.1 Å². The number of hydrogen-bond acceptors (Lipinski definition) is 18. The van der Waals surface area contributed by atoms with Crippen molar-refractivity contribution >= 4 is 79.0 Å². The second-order valence-electron chi connectivity index (χ2n) is 32.4. The van der Waals surface area contributed by atoms with E-state index in [1.165, 1.54) is 38.8 Å².